The Labute approximate surface area is 130 Å². The second kappa shape index (κ2) is 7.35. The number of urea groups is 1. The van der Waals surface area contributed by atoms with Gasteiger partial charge in [-0.2, -0.15) is 11.8 Å². The highest BCUT2D eigenvalue weighted by molar-refractivity contribution is 7.99. The summed E-state index contributed by atoms with van der Waals surface area (Å²) in [6, 6.07) is -0.127. The summed E-state index contributed by atoms with van der Waals surface area (Å²) in [7, 11) is 0. The fourth-order valence-corrected chi connectivity index (χ4v) is 3.90. The Kier molecular flexibility index (Phi) is 5.75. The molecular formula is C14H25N3O3S. The van der Waals surface area contributed by atoms with Crippen LogP contribution in [-0.2, 0) is 4.79 Å². The first-order valence-electron chi connectivity index (χ1n) is 7.64. The summed E-state index contributed by atoms with van der Waals surface area (Å²) in [5, 5.41) is 12.3. The quantitative estimate of drug-likeness (QED) is 0.790. The minimum absolute atomic E-state index is 0.127. The van der Waals surface area contributed by atoms with E-state index >= 15 is 0 Å². The molecule has 2 aliphatic heterocycles. The van der Waals surface area contributed by atoms with Crippen molar-refractivity contribution < 1.29 is 14.7 Å². The fourth-order valence-electron chi connectivity index (χ4n) is 2.92. The van der Waals surface area contributed by atoms with Crippen LogP contribution in [-0.4, -0.2) is 77.7 Å². The van der Waals surface area contributed by atoms with Gasteiger partial charge in [-0.1, -0.05) is 6.92 Å². The number of nitrogens with one attached hydrogen (secondary N) is 1. The van der Waals surface area contributed by atoms with Crippen molar-refractivity contribution in [2.24, 2.45) is 5.41 Å². The number of aliphatic carboxylic acids is 1. The highest BCUT2D eigenvalue weighted by Gasteiger charge is 2.44. The molecule has 21 heavy (non-hydrogen) atoms. The van der Waals surface area contributed by atoms with Crippen molar-refractivity contribution in [3.8, 4) is 0 Å². The second-order valence-corrected chi connectivity index (χ2v) is 7.02. The van der Waals surface area contributed by atoms with Gasteiger partial charge in [0.2, 0.25) is 0 Å². The van der Waals surface area contributed by atoms with Crippen molar-refractivity contribution in [3.63, 3.8) is 0 Å². The van der Waals surface area contributed by atoms with Gasteiger partial charge in [0, 0.05) is 50.8 Å². The lowest BCUT2D eigenvalue weighted by Gasteiger charge is -2.27. The van der Waals surface area contributed by atoms with E-state index in [0.717, 1.165) is 31.1 Å². The molecule has 1 atom stereocenters. The third kappa shape index (κ3) is 4.03. The normalized spacial score (nSPS) is 26.8. The van der Waals surface area contributed by atoms with Gasteiger partial charge in [0.05, 0.1) is 5.41 Å². The van der Waals surface area contributed by atoms with E-state index in [-0.39, 0.29) is 6.03 Å². The van der Waals surface area contributed by atoms with Crippen LogP contribution in [0.2, 0.25) is 0 Å². The first-order valence-corrected chi connectivity index (χ1v) is 8.79. The van der Waals surface area contributed by atoms with Crippen molar-refractivity contribution >= 4 is 23.8 Å². The molecule has 6 nitrogen and oxygen atoms in total. The third-order valence-electron chi connectivity index (χ3n) is 4.58. The Bertz CT molecular complexity index is 388. The van der Waals surface area contributed by atoms with Crippen LogP contribution in [0.1, 0.15) is 19.8 Å². The molecule has 0 spiro atoms. The van der Waals surface area contributed by atoms with E-state index in [1.165, 1.54) is 0 Å². The first kappa shape index (κ1) is 16.4. The maximum Gasteiger partial charge on any atom is 0.317 e. The number of likely N-dealkylation sites (tertiary alicyclic amines) is 1. The molecular weight excluding hydrogens is 290 g/mol. The van der Waals surface area contributed by atoms with E-state index in [0.29, 0.717) is 32.5 Å². The van der Waals surface area contributed by atoms with Gasteiger partial charge in [-0.25, -0.2) is 4.79 Å². The second-order valence-electron chi connectivity index (χ2n) is 5.80. The molecule has 2 heterocycles. The number of carboxylic acids is 1. The number of carbonyl (C=O) groups is 2. The first-order chi connectivity index (χ1) is 10.1. The Morgan fingerprint density at radius 1 is 1.29 bits per heavy atom. The lowest BCUT2D eigenvalue weighted by molar-refractivity contribution is -0.148. The zero-order valence-electron chi connectivity index (χ0n) is 12.6. The van der Waals surface area contributed by atoms with Crippen LogP contribution >= 0.6 is 11.8 Å². The van der Waals surface area contributed by atoms with Gasteiger partial charge < -0.3 is 15.3 Å². The van der Waals surface area contributed by atoms with Gasteiger partial charge in [0.1, 0.15) is 0 Å². The number of amides is 2. The SMILES string of the molecule is CCC1(C(=O)O)CCN(C(=O)NCCN2CCSCC2)C1. The molecule has 0 aromatic carbocycles. The summed E-state index contributed by atoms with van der Waals surface area (Å²) in [6.45, 7) is 6.41. The minimum atomic E-state index is -0.786. The Hall–Kier alpha value is -0.950. The molecule has 0 saturated carbocycles. The number of nitrogens with zero attached hydrogens (tertiary/aromatic N) is 2. The number of rotatable bonds is 5. The lowest BCUT2D eigenvalue weighted by atomic mass is 9.84. The average molecular weight is 315 g/mol. The molecule has 0 aliphatic carbocycles. The summed E-state index contributed by atoms with van der Waals surface area (Å²) in [6.07, 6.45) is 1.12. The van der Waals surface area contributed by atoms with Crippen molar-refractivity contribution in [1.82, 2.24) is 15.1 Å². The maximum atomic E-state index is 12.1. The molecule has 2 amide bonds. The molecule has 7 heteroatoms. The number of hydrogen-bond donors (Lipinski definition) is 2. The maximum absolute atomic E-state index is 12.1. The van der Waals surface area contributed by atoms with E-state index in [2.05, 4.69) is 10.2 Å². The van der Waals surface area contributed by atoms with E-state index in [1.54, 1.807) is 4.90 Å². The fraction of sp³-hybridized carbons (Fsp3) is 0.857. The van der Waals surface area contributed by atoms with Crippen LogP contribution in [0.25, 0.3) is 0 Å². The Morgan fingerprint density at radius 2 is 2.00 bits per heavy atom. The van der Waals surface area contributed by atoms with Gasteiger partial charge in [-0.05, 0) is 12.8 Å². The largest absolute Gasteiger partial charge is 0.481 e. The molecule has 2 aliphatic rings. The molecule has 0 bridgehead atoms. The highest BCUT2D eigenvalue weighted by atomic mass is 32.2. The summed E-state index contributed by atoms with van der Waals surface area (Å²) in [5.41, 5.74) is -0.749. The average Bonchev–Trinajstić information content (AvgIpc) is 2.94. The Morgan fingerprint density at radius 3 is 2.57 bits per heavy atom. The number of thioether (sulfide) groups is 1. The molecule has 2 N–H and O–H groups in total. The zero-order valence-corrected chi connectivity index (χ0v) is 13.5. The molecule has 120 valence electrons. The summed E-state index contributed by atoms with van der Waals surface area (Å²) in [4.78, 5) is 27.5. The van der Waals surface area contributed by atoms with Crippen LogP contribution in [0.5, 0.6) is 0 Å². The van der Waals surface area contributed by atoms with Crippen LogP contribution in [0.4, 0.5) is 4.79 Å². The van der Waals surface area contributed by atoms with Crippen LogP contribution in [0.3, 0.4) is 0 Å². The van der Waals surface area contributed by atoms with E-state index < -0.39 is 11.4 Å². The lowest BCUT2D eigenvalue weighted by Crippen LogP contribution is -2.45. The molecule has 0 aromatic heterocycles. The number of carboxylic acid groups (broad SMARTS) is 1. The van der Waals surface area contributed by atoms with Gasteiger partial charge in [0.15, 0.2) is 0 Å². The zero-order chi connectivity index (χ0) is 15.3. The van der Waals surface area contributed by atoms with Gasteiger partial charge in [0.25, 0.3) is 0 Å². The molecule has 0 radical (unpaired) electrons. The smallest absolute Gasteiger partial charge is 0.317 e. The third-order valence-corrected chi connectivity index (χ3v) is 5.52. The van der Waals surface area contributed by atoms with Crippen LogP contribution < -0.4 is 5.32 Å². The standard InChI is InChI=1S/C14H25N3O3S/c1-2-14(12(18)19)3-5-17(11-14)13(20)15-4-6-16-7-9-21-10-8-16/h2-11H2,1H3,(H,15,20)(H,18,19). The molecule has 2 rings (SSSR count). The van der Waals surface area contributed by atoms with E-state index in [1.807, 2.05) is 18.7 Å². The monoisotopic (exact) mass is 315 g/mol. The van der Waals surface area contributed by atoms with Crippen LogP contribution in [0, 0.1) is 5.41 Å². The van der Waals surface area contributed by atoms with Crippen molar-refractivity contribution in [3.05, 3.63) is 0 Å². The van der Waals surface area contributed by atoms with Gasteiger partial charge in [-0.3, -0.25) is 9.69 Å². The molecule has 2 saturated heterocycles. The van der Waals surface area contributed by atoms with Gasteiger partial charge >= 0.3 is 12.0 Å². The number of carbonyl (C=O) groups excluding carboxylic acids is 1. The Balaban J connectivity index is 1.73. The topological polar surface area (TPSA) is 72.9 Å². The van der Waals surface area contributed by atoms with Crippen LogP contribution in [0.15, 0.2) is 0 Å². The van der Waals surface area contributed by atoms with Crippen molar-refractivity contribution in [2.45, 2.75) is 19.8 Å². The van der Waals surface area contributed by atoms with Crippen molar-refractivity contribution in [2.75, 3.05) is 50.8 Å². The van der Waals surface area contributed by atoms with E-state index in [4.69, 9.17) is 0 Å². The van der Waals surface area contributed by atoms with Crippen molar-refractivity contribution in [1.29, 1.82) is 0 Å². The number of hydrogen-bond acceptors (Lipinski definition) is 4. The molecule has 1 unspecified atom stereocenters. The summed E-state index contributed by atoms with van der Waals surface area (Å²) >= 11 is 1.97. The predicted octanol–water partition coefficient (Wildman–Crippen LogP) is 0.932. The van der Waals surface area contributed by atoms with Gasteiger partial charge in [-0.15, -0.1) is 0 Å². The summed E-state index contributed by atoms with van der Waals surface area (Å²) in [5.74, 6) is 1.54. The highest BCUT2D eigenvalue weighted by Crippen LogP contribution is 2.34. The summed E-state index contributed by atoms with van der Waals surface area (Å²) < 4.78 is 0. The predicted molar refractivity (Wildman–Crippen MR) is 83.7 cm³/mol. The molecule has 0 aromatic rings. The van der Waals surface area contributed by atoms with E-state index in [9.17, 15) is 14.7 Å². The minimum Gasteiger partial charge on any atom is -0.481 e. The molecule has 2 fully saturated rings.